The van der Waals surface area contributed by atoms with Crippen molar-refractivity contribution in [2.75, 3.05) is 0 Å². The minimum absolute atomic E-state index is 0.241. The molecule has 16 heavy (non-hydrogen) atoms. The molecule has 0 aliphatic heterocycles. The minimum atomic E-state index is -1.29. The first-order valence-electron chi connectivity index (χ1n) is 6.62. The first-order valence-corrected chi connectivity index (χ1v) is 10.1. The van der Waals surface area contributed by atoms with Gasteiger partial charge in [-0.2, -0.15) is 0 Å². The van der Waals surface area contributed by atoms with E-state index in [-0.39, 0.29) is 5.92 Å². The molecule has 0 aromatic heterocycles. The maximum absolute atomic E-state index is 10.6. The Bertz CT molecular complexity index is 281. The molecule has 2 unspecified atom stereocenters. The monoisotopic (exact) mass is 238 g/mol. The van der Waals surface area contributed by atoms with Gasteiger partial charge in [0.05, 0.1) is 5.60 Å². The van der Waals surface area contributed by atoms with Gasteiger partial charge in [0.1, 0.15) is 8.07 Å². The Morgan fingerprint density at radius 2 is 2.06 bits per heavy atom. The summed E-state index contributed by atoms with van der Waals surface area (Å²) in [5, 5.41) is 10.6. The van der Waals surface area contributed by atoms with Gasteiger partial charge < -0.3 is 5.11 Å². The zero-order valence-electron chi connectivity index (χ0n) is 11.3. The van der Waals surface area contributed by atoms with Crippen LogP contribution in [-0.2, 0) is 0 Å². The van der Waals surface area contributed by atoms with Crippen molar-refractivity contribution in [2.24, 2.45) is 5.92 Å². The summed E-state index contributed by atoms with van der Waals surface area (Å²) in [6.07, 6.45) is 6.42. The normalized spacial score (nSPS) is 29.9. The van der Waals surface area contributed by atoms with Crippen LogP contribution < -0.4 is 0 Å². The molecule has 1 nitrogen and oxygen atoms in total. The summed E-state index contributed by atoms with van der Waals surface area (Å²) >= 11 is 0. The smallest absolute Gasteiger partial charge is 0.129 e. The quantitative estimate of drug-likeness (QED) is 0.588. The summed E-state index contributed by atoms with van der Waals surface area (Å²) in [6, 6.07) is 0. The van der Waals surface area contributed by atoms with Gasteiger partial charge in [0.25, 0.3) is 0 Å². The lowest BCUT2D eigenvalue weighted by Gasteiger charge is -2.27. The van der Waals surface area contributed by atoms with Gasteiger partial charge in [-0.05, 0) is 25.7 Å². The molecule has 0 heterocycles. The van der Waals surface area contributed by atoms with E-state index in [9.17, 15) is 5.11 Å². The molecule has 0 aromatic rings. The fourth-order valence-electron chi connectivity index (χ4n) is 2.35. The summed E-state index contributed by atoms with van der Waals surface area (Å²) in [7, 11) is -1.29. The summed E-state index contributed by atoms with van der Waals surface area (Å²) < 4.78 is 0. The third-order valence-corrected chi connectivity index (χ3v) is 4.23. The second-order valence-electron chi connectivity index (χ2n) is 6.17. The van der Waals surface area contributed by atoms with Crippen LogP contribution in [0.5, 0.6) is 0 Å². The van der Waals surface area contributed by atoms with Crippen LogP contribution in [0.15, 0.2) is 0 Å². The Kier molecular flexibility index (Phi) is 4.64. The lowest BCUT2D eigenvalue weighted by Crippen LogP contribution is -2.32. The van der Waals surface area contributed by atoms with Crippen LogP contribution in [0.25, 0.3) is 0 Å². The van der Waals surface area contributed by atoms with E-state index >= 15 is 0 Å². The lowest BCUT2D eigenvalue weighted by atomic mass is 9.86. The van der Waals surface area contributed by atoms with Crippen LogP contribution in [0.2, 0.25) is 19.6 Å². The minimum Gasteiger partial charge on any atom is -0.389 e. The summed E-state index contributed by atoms with van der Waals surface area (Å²) in [6.45, 7) is 8.97. The van der Waals surface area contributed by atoms with E-state index in [1.54, 1.807) is 0 Å². The van der Waals surface area contributed by atoms with Crippen LogP contribution in [0, 0.1) is 17.4 Å². The van der Waals surface area contributed by atoms with Gasteiger partial charge in [-0.1, -0.05) is 39.4 Å². The van der Waals surface area contributed by atoms with E-state index in [4.69, 9.17) is 0 Å². The molecular formula is C14H26OSi. The van der Waals surface area contributed by atoms with Crippen molar-refractivity contribution in [3.8, 4) is 11.5 Å². The zero-order valence-corrected chi connectivity index (χ0v) is 12.3. The number of rotatable bonds is 3. The highest BCUT2D eigenvalue weighted by molar-refractivity contribution is 6.83. The Labute approximate surface area is 102 Å². The van der Waals surface area contributed by atoms with Crippen LogP contribution >= 0.6 is 0 Å². The van der Waals surface area contributed by atoms with Crippen molar-refractivity contribution in [3.05, 3.63) is 0 Å². The Morgan fingerprint density at radius 1 is 1.38 bits per heavy atom. The molecule has 2 atom stereocenters. The summed E-state index contributed by atoms with van der Waals surface area (Å²) in [4.78, 5) is 0. The SMILES string of the molecule is CCCCC1(O)CCCC1C#C[Si](C)(C)C. The van der Waals surface area contributed by atoms with Crippen LogP contribution in [0.1, 0.15) is 45.4 Å². The molecule has 0 amide bonds. The molecular weight excluding hydrogens is 212 g/mol. The fourth-order valence-corrected chi connectivity index (χ4v) is 2.95. The maximum Gasteiger partial charge on any atom is 0.129 e. The molecule has 1 aliphatic carbocycles. The molecule has 1 rings (SSSR count). The number of aliphatic hydroxyl groups is 1. The highest BCUT2D eigenvalue weighted by atomic mass is 28.3. The molecule has 2 heteroatoms. The highest BCUT2D eigenvalue weighted by Crippen LogP contribution is 2.38. The first-order chi connectivity index (χ1) is 7.37. The Hall–Kier alpha value is -0.263. The second-order valence-corrected chi connectivity index (χ2v) is 10.9. The number of unbranched alkanes of at least 4 members (excludes halogenated alkanes) is 1. The van der Waals surface area contributed by atoms with Crippen molar-refractivity contribution in [2.45, 2.75) is 70.7 Å². The van der Waals surface area contributed by atoms with Crippen molar-refractivity contribution >= 4 is 8.07 Å². The number of hydrogen-bond acceptors (Lipinski definition) is 1. The molecule has 0 saturated heterocycles. The Morgan fingerprint density at radius 3 is 2.62 bits per heavy atom. The largest absolute Gasteiger partial charge is 0.389 e. The van der Waals surface area contributed by atoms with Gasteiger partial charge in [0.2, 0.25) is 0 Å². The first kappa shape index (κ1) is 13.8. The molecule has 0 aromatic carbocycles. The average molecular weight is 238 g/mol. The van der Waals surface area contributed by atoms with E-state index < -0.39 is 13.7 Å². The average Bonchev–Trinajstić information content (AvgIpc) is 2.53. The van der Waals surface area contributed by atoms with E-state index in [0.29, 0.717) is 0 Å². The van der Waals surface area contributed by atoms with Crippen molar-refractivity contribution in [3.63, 3.8) is 0 Å². The molecule has 1 N–H and O–H groups in total. The van der Waals surface area contributed by atoms with E-state index in [1.165, 1.54) is 0 Å². The van der Waals surface area contributed by atoms with Gasteiger partial charge in [-0.25, -0.2) is 0 Å². The van der Waals surface area contributed by atoms with E-state index in [2.05, 4.69) is 38.0 Å². The van der Waals surface area contributed by atoms with E-state index in [0.717, 1.165) is 38.5 Å². The van der Waals surface area contributed by atoms with Gasteiger partial charge in [0, 0.05) is 5.92 Å². The van der Waals surface area contributed by atoms with Crippen molar-refractivity contribution in [1.82, 2.24) is 0 Å². The topological polar surface area (TPSA) is 20.2 Å². The van der Waals surface area contributed by atoms with Gasteiger partial charge in [-0.15, -0.1) is 11.5 Å². The molecule has 1 fully saturated rings. The van der Waals surface area contributed by atoms with Crippen molar-refractivity contribution < 1.29 is 5.11 Å². The maximum atomic E-state index is 10.6. The molecule has 0 bridgehead atoms. The van der Waals surface area contributed by atoms with Crippen LogP contribution in [0.4, 0.5) is 0 Å². The molecule has 1 saturated carbocycles. The van der Waals surface area contributed by atoms with Gasteiger partial charge in [0.15, 0.2) is 0 Å². The van der Waals surface area contributed by atoms with Gasteiger partial charge >= 0.3 is 0 Å². The third kappa shape index (κ3) is 3.96. The van der Waals surface area contributed by atoms with Crippen LogP contribution in [-0.4, -0.2) is 18.8 Å². The summed E-state index contributed by atoms with van der Waals surface area (Å²) in [5.41, 5.74) is 2.95. The third-order valence-electron chi connectivity index (χ3n) is 3.34. The number of hydrogen-bond donors (Lipinski definition) is 1. The Balaban J connectivity index is 2.67. The predicted molar refractivity (Wildman–Crippen MR) is 72.9 cm³/mol. The fraction of sp³-hybridized carbons (Fsp3) is 0.857. The molecule has 92 valence electrons. The summed E-state index contributed by atoms with van der Waals surface area (Å²) in [5.74, 6) is 3.62. The van der Waals surface area contributed by atoms with Crippen molar-refractivity contribution in [1.29, 1.82) is 0 Å². The molecule has 0 radical (unpaired) electrons. The predicted octanol–water partition coefficient (Wildman–Crippen LogP) is 3.59. The van der Waals surface area contributed by atoms with Gasteiger partial charge in [-0.3, -0.25) is 0 Å². The molecule has 0 spiro atoms. The van der Waals surface area contributed by atoms with E-state index in [1.807, 2.05) is 0 Å². The van der Waals surface area contributed by atoms with Crippen LogP contribution in [0.3, 0.4) is 0 Å². The lowest BCUT2D eigenvalue weighted by molar-refractivity contribution is 0.0120. The second kappa shape index (κ2) is 5.38. The standard InChI is InChI=1S/C14H26OSi/c1-5-6-10-14(15)11-7-8-13(14)9-12-16(2,3)4/h13,15H,5-8,10-11H2,1-4H3. The molecule has 1 aliphatic rings. The highest BCUT2D eigenvalue weighted by Gasteiger charge is 2.39. The zero-order chi connectivity index (χ0) is 12.2.